The molecule has 1 aromatic heterocycles. The summed E-state index contributed by atoms with van der Waals surface area (Å²) in [6, 6.07) is 7.08. The molecule has 3 rings (SSSR count). The zero-order valence-electron chi connectivity index (χ0n) is 13.3. The van der Waals surface area contributed by atoms with E-state index >= 15 is 0 Å². The smallest absolute Gasteiger partial charge is 0.226 e. The number of oxazole rings is 1. The molecule has 7 heteroatoms. The van der Waals surface area contributed by atoms with Gasteiger partial charge in [-0.1, -0.05) is 0 Å². The van der Waals surface area contributed by atoms with Crippen molar-refractivity contribution in [3.63, 3.8) is 0 Å². The first-order valence-electron chi connectivity index (χ1n) is 7.62. The predicted molar refractivity (Wildman–Crippen MR) is 87.8 cm³/mol. The van der Waals surface area contributed by atoms with Crippen LogP contribution < -0.4 is 5.32 Å². The van der Waals surface area contributed by atoms with Crippen molar-refractivity contribution in [2.75, 3.05) is 25.9 Å². The summed E-state index contributed by atoms with van der Waals surface area (Å²) in [7, 11) is -3.18. The second kappa shape index (κ2) is 6.43. The van der Waals surface area contributed by atoms with Gasteiger partial charge in [-0.2, -0.15) is 0 Å². The van der Waals surface area contributed by atoms with Crippen LogP contribution in [-0.4, -0.2) is 50.2 Å². The molecule has 2 heterocycles. The largest absolute Gasteiger partial charge is 0.444 e. The van der Waals surface area contributed by atoms with Crippen LogP contribution in [-0.2, 0) is 16.4 Å². The van der Waals surface area contributed by atoms with Crippen LogP contribution in [0.5, 0.6) is 0 Å². The third-order valence-electron chi connectivity index (χ3n) is 3.92. The number of hydrogen-bond donors (Lipinski definition) is 1. The van der Waals surface area contributed by atoms with Gasteiger partial charge < -0.3 is 9.73 Å². The van der Waals surface area contributed by atoms with Gasteiger partial charge in [-0.3, -0.25) is 4.90 Å². The summed E-state index contributed by atoms with van der Waals surface area (Å²) >= 11 is 0. The van der Waals surface area contributed by atoms with E-state index in [0.717, 1.165) is 37.4 Å². The molecular weight excluding hydrogens is 314 g/mol. The lowest BCUT2D eigenvalue weighted by atomic mass is 10.2. The van der Waals surface area contributed by atoms with Crippen LogP contribution >= 0.6 is 0 Å². The number of nitrogens with one attached hydrogen (secondary N) is 1. The van der Waals surface area contributed by atoms with E-state index in [2.05, 4.69) is 22.1 Å². The second-order valence-electron chi connectivity index (χ2n) is 6.03. The van der Waals surface area contributed by atoms with E-state index in [1.165, 1.54) is 6.26 Å². The quantitative estimate of drug-likeness (QED) is 0.913. The van der Waals surface area contributed by atoms with Gasteiger partial charge in [0.15, 0.2) is 9.84 Å². The van der Waals surface area contributed by atoms with Gasteiger partial charge in [0, 0.05) is 44.0 Å². The number of piperazine rings is 1. The molecule has 1 N–H and O–H groups in total. The van der Waals surface area contributed by atoms with E-state index in [1.54, 1.807) is 30.5 Å². The summed E-state index contributed by atoms with van der Waals surface area (Å²) in [5, 5.41) is 3.41. The molecule has 2 aromatic rings. The van der Waals surface area contributed by atoms with E-state index in [4.69, 9.17) is 4.42 Å². The van der Waals surface area contributed by atoms with Crippen molar-refractivity contribution in [3.8, 4) is 11.5 Å². The zero-order valence-corrected chi connectivity index (χ0v) is 14.1. The van der Waals surface area contributed by atoms with Crippen LogP contribution in [0.15, 0.2) is 39.8 Å². The summed E-state index contributed by atoms with van der Waals surface area (Å²) in [6.07, 6.45) is 2.87. The molecule has 6 nitrogen and oxygen atoms in total. The summed E-state index contributed by atoms with van der Waals surface area (Å²) in [5.41, 5.74) is 1.67. The summed E-state index contributed by atoms with van der Waals surface area (Å²) < 4.78 is 28.5. The van der Waals surface area contributed by atoms with Gasteiger partial charge >= 0.3 is 0 Å². The Morgan fingerprint density at radius 2 is 2.09 bits per heavy atom. The Labute approximate surface area is 136 Å². The average molecular weight is 335 g/mol. The molecule has 124 valence electrons. The molecule has 1 saturated heterocycles. The highest BCUT2D eigenvalue weighted by Crippen LogP contribution is 2.21. The topological polar surface area (TPSA) is 75.4 Å². The van der Waals surface area contributed by atoms with Crippen molar-refractivity contribution in [1.82, 2.24) is 15.2 Å². The van der Waals surface area contributed by atoms with Crippen LogP contribution in [0.2, 0.25) is 0 Å². The van der Waals surface area contributed by atoms with Crippen molar-refractivity contribution >= 4 is 9.84 Å². The molecule has 1 aliphatic heterocycles. The normalized spacial score (nSPS) is 19.8. The fourth-order valence-electron chi connectivity index (χ4n) is 2.74. The maximum absolute atomic E-state index is 11.5. The summed E-state index contributed by atoms with van der Waals surface area (Å²) in [5.74, 6) is 0.517. The van der Waals surface area contributed by atoms with Crippen molar-refractivity contribution in [1.29, 1.82) is 0 Å². The van der Waals surface area contributed by atoms with Crippen molar-refractivity contribution in [2.24, 2.45) is 0 Å². The van der Waals surface area contributed by atoms with E-state index < -0.39 is 9.84 Å². The zero-order chi connectivity index (χ0) is 16.4. The Bertz CT molecular complexity index is 768. The van der Waals surface area contributed by atoms with Gasteiger partial charge in [0.2, 0.25) is 5.89 Å². The van der Waals surface area contributed by atoms with E-state index in [0.29, 0.717) is 16.8 Å². The van der Waals surface area contributed by atoms with Crippen molar-refractivity contribution in [2.45, 2.75) is 24.4 Å². The first kappa shape index (κ1) is 16.2. The number of hydrogen-bond acceptors (Lipinski definition) is 6. The molecule has 0 spiro atoms. The minimum Gasteiger partial charge on any atom is -0.444 e. The van der Waals surface area contributed by atoms with Crippen LogP contribution in [0.3, 0.4) is 0 Å². The molecule has 0 radical (unpaired) electrons. The first-order chi connectivity index (χ1) is 10.9. The Kier molecular flexibility index (Phi) is 4.52. The number of nitrogens with zero attached hydrogens (tertiary/aromatic N) is 2. The lowest BCUT2D eigenvalue weighted by Gasteiger charge is -2.31. The summed E-state index contributed by atoms with van der Waals surface area (Å²) in [4.78, 5) is 7.15. The molecule has 0 aliphatic carbocycles. The van der Waals surface area contributed by atoms with Crippen molar-refractivity contribution < 1.29 is 12.8 Å². The van der Waals surface area contributed by atoms with Crippen LogP contribution in [0, 0.1) is 0 Å². The van der Waals surface area contributed by atoms with E-state index in [9.17, 15) is 8.42 Å². The first-order valence-corrected chi connectivity index (χ1v) is 9.51. The number of rotatable bonds is 4. The number of sulfone groups is 1. The maximum Gasteiger partial charge on any atom is 0.226 e. The summed E-state index contributed by atoms with van der Waals surface area (Å²) in [6.45, 7) is 5.90. The third-order valence-corrected chi connectivity index (χ3v) is 5.05. The Morgan fingerprint density at radius 1 is 1.35 bits per heavy atom. The number of benzene rings is 1. The molecule has 1 aliphatic rings. The molecule has 0 bridgehead atoms. The van der Waals surface area contributed by atoms with Gasteiger partial charge in [0.1, 0.15) is 6.26 Å². The van der Waals surface area contributed by atoms with Gasteiger partial charge in [0.25, 0.3) is 0 Å². The lowest BCUT2D eigenvalue weighted by molar-refractivity contribution is 0.197. The fraction of sp³-hybridized carbons (Fsp3) is 0.438. The van der Waals surface area contributed by atoms with Gasteiger partial charge in [0.05, 0.1) is 10.6 Å². The average Bonchev–Trinajstić information content (AvgIpc) is 2.95. The Balaban J connectivity index is 1.71. The Morgan fingerprint density at radius 3 is 2.74 bits per heavy atom. The molecule has 1 atom stereocenters. The second-order valence-corrected chi connectivity index (χ2v) is 8.05. The monoisotopic (exact) mass is 335 g/mol. The van der Waals surface area contributed by atoms with Gasteiger partial charge in [-0.15, -0.1) is 0 Å². The highest BCUT2D eigenvalue weighted by Gasteiger charge is 2.17. The molecule has 23 heavy (non-hydrogen) atoms. The van der Waals surface area contributed by atoms with Gasteiger partial charge in [-0.25, -0.2) is 13.4 Å². The lowest BCUT2D eigenvalue weighted by Crippen LogP contribution is -2.48. The molecular formula is C16H21N3O3S. The molecule has 1 unspecified atom stereocenters. The Hall–Kier alpha value is -1.70. The highest BCUT2D eigenvalue weighted by molar-refractivity contribution is 7.90. The van der Waals surface area contributed by atoms with E-state index in [1.807, 2.05) is 0 Å². The van der Waals surface area contributed by atoms with Crippen LogP contribution in [0.4, 0.5) is 0 Å². The van der Waals surface area contributed by atoms with Crippen molar-refractivity contribution in [3.05, 3.63) is 36.2 Å². The van der Waals surface area contributed by atoms with Crippen LogP contribution in [0.1, 0.15) is 12.6 Å². The predicted octanol–water partition coefficient (Wildman–Crippen LogP) is 1.54. The van der Waals surface area contributed by atoms with Gasteiger partial charge in [-0.05, 0) is 31.2 Å². The molecule has 1 fully saturated rings. The molecule has 0 saturated carbocycles. The standard InChI is InChI=1S/C16H21N3O3S/c1-12-9-19(8-7-17-12)10-14-11-22-16(18-14)13-3-5-15(6-4-13)23(2,20)21/h3-6,11-12,17H,7-10H2,1-2H3. The highest BCUT2D eigenvalue weighted by atomic mass is 32.2. The van der Waals surface area contributed by atoms with Crippen LogP contribution in [0.25, 0.3) is 11.5 Å². The van der Waals surface area contributed by atoms with E-state index in [-0.39, 0.29) is 0 Å². The minimum atomic E-state index is -3.18. The third kappa shape index (κ3) is 3.99. The maximum atomic E-state index is 11.5. The minimum absolute atomic E-state index is 0.294. The fourth-order valence-corrected chi connectivity index (χ4v) is 3.37. The number of aromatic nitrogens is 1. The SMILES string of the molecule is CC1CN(Cc2coc(-c3ccc(S(C)(=O)=O)cc3)n2)CCN1. The molecule has 1 aromatic carbocycles. The molecule has 0 amide bonds.